The summed E-state index contributed by atoms with van der Waals surface area (Å²) in [4.78, 5) is 12.2. The number of ether oxygens (including phenoxy) is 2. The molecule has 2 aromatic rings. The van der Waals surface area contributed by atoms with E-state index in [-0.39, 0.29) is 5.91 Å². The first kappa shape index (κ1) is 20.4. The Morgan fingerprint density at radius 2 is 1.36 bits per heavy atom. The molecule has 0 aliphatic carbocycles. The van der Waals surface area contributed by atoms with E-state index in [1.807, 2.05) is 64.1 Å². The van der Waals surface area contributed by atoms with Crippen LogP contribution >= 0.6 is 0 Å². The highest BCUT2D eigenvalue weighted by Gasteiger charge is 2.28. The summed E-state index contributed by atoms with van der Waals surface area (Å²) >= 11 is 0. The topological polar surface area (TPSA) is 59.6 Å². The molecule has 0 spiro atoms. The van der Waals surface area contributed by atoms with E-state index in [2.05, 4.69) is 10.6 Å². The summed E-state index contributed by atoms with van der Waals surface area (Å²) in [5.41, 5.74) is 2.19. The van der Waals surface area contributed by atoms with Gasteiger partial charge in [-0.1, -0.05) is 45.9 Å². The number of carbonyl (C=O) groups is 1. The van der Waals surface area contributed by atoms with Gasteiger partial charge in [-0.2, -0.15) is 0 Å². The zero-order valence-electron chi connectivity index (χ0n) is 15.8. The first-order chi connectivity index (χ1) is 12.2. The van der Waals surface area contributed by atoms with Gasteiger partial charge in [-0.25, -0.2) is 0 Å². The average Bonchev–Trinajstić information content (AvgIpc) is 2.70. The summed E-state index contributed by atoms with van der Waals surface area (Å²) in [6.07, 6.45) is -0.404. The Morgan fingerprint density at radius 1 is 0.800 bits per heavy atom. The van der Waals surface area contributed by atoms with Gasteiger partial charge in [0.25, 0.3) is 5.91 Å². The van der Waals surface area contributed by atoms with E-state index >= 15 is 0 Å². The van der Waals surface area contributed by atoms with Crippen molar-refractivity contribution in [2.75, 3.05) is 19.5 Å². The van der Waals surface area contributed by atoms with Crippen molar-refractivity contribution in [3.8, 4) is 11.5 Å². The van der Waals surface area contributed by atoms with Crippen molar-refractivity contribution >= 4 is 11.6 Å². The summed E-state index contributed by atoms with van der Waals surface area (Å²) in [5.74, 6) is 1.19. The van der Waals surface area contributed by atoms with E-state index < -0.39 is 6.17 Å². The minimum Gasteiger partial charge on any atom is -0.496 e. The van der Waals surface area contributed by atoms with Gasteiger partial charge in [-0.3, -0.25) is 4.79 Å². The van der Waals surface area contributed by atoms with Crippen molar-refractivity contribution in [3.63, 3.8) is 0 Å². The fourth-order valence-corrected chi connectivity index (χ4v) is 2.52. The highest BCUT2D eigenvalue weighted by Crippen LogP contribution is 2.36. The molecule has 25 heavy (non-hydrogen) atoms. The second-order valence-corrected chi connectivity index (χ2v) is 4.67. The van der Waals surface area contributed by atoms with Crippen LogP contribution in [0.4, 0.5) is 5.69 Å². The molecule has 5 heteroatoms. The molecular formula is C20H28N2O3. The number of carbonyl (C=O) groups excluding carboxylic acids is 1. The van der Waals surface area contributed by atoms with Crippen LogP contribution in [0.5, 0.6) is 11.5 Å². The number of benzene rings is 2. The molecule has 2 aromatic carbocycles. The minimum absolute atomic E-state index is 0.123. The smallest absolute Gasteiger partial charge is 0.255 e. The molecule has 0 radical (unpaired) electrons. The van der Waals surface area contributed by atoms with Crippen LogP contribution in [0.25, 0.3) is 0 Å². The third-order valence-electron chi connectivity index (χ3n) is 3.50. The minimum atomic E-state index is -0.404. The molecular weight excluding hydrogens is 316 g/mol. The molecule has 1 amide bonds. The number of amides is 1. The number of hydrogen-bond donors (Lipinski definition) is 2. The summed E-state index contributed by atoms with van der Waals surface area (Å²) in [6.45, 7) is 8.00. The second-order valence-electron chi connectivity index (χ2n) is 4.67. The fraction of sp³-hybridized carbons (Fsp3) is 0.350. The lowest BCUT2D eigenvalue weighted by molar-refractivity contribution is 0.0935. The maximum Gasteiger partial charge on any atom is 0.255 e. The van der Waals surface area contributed by atoms with Crippen LogP contribution < -0.4 is 20.1 Å². The molecule has 0 fully saturated rings. The molecule has 5 nitrogen and oxygen atoms in total. The van der Waals surface area contributed by atoms with E-state index in [0.29, 0.717) is 17.1 Å². The van der Waals surface area contributed by atoms with Crippen LogP contribution in [0.15, 0.2) is 42.5 Å². The SMILES string of the molecule is CC.CC.COc1cccc(OC)c1C1NC(=O)c2ccccc2N1. The van der Waals surface area contributed by atoms with Gasteiger partial charge in [-0.15, -0.1) is 0 Å². The van der Waals surface area contributed by atoms with E-state index in [4.69, 9.17) is 9.47 Å². The molecule has 136 valence electrons. The maximum absolute atomic E-state index is 12.2. The molecule has 3 rings (SSSR count). The van der Waals surface area contributed by atoms with Crippen LogP contribution in [0.1, 0.15) is 49.8 Å². The van der Waals surface area contributed by atoms with Crippen molar-refractivity contribution in [3.05, 3.63) is 53.6 Å². The second kappa shape index (κ2) is 10.2. The summed E-state index contributed by atoms with van der Waals surface area (Å²) < 4.78 is 10.8. The molecule has 0 bridgehead atoms. The molecule has 0 saturated heterocycles. The van der Waals surface area contributed by atoms with Crippen molar-refractivity contribution in [2.24, 2.45) is 0 Å². The number of methoxy groups -OCH3 is 2. The standard InChI is InChI=1S/C16H16N2O3.2C2H6/c1-20-12-8-5-9-13(21-2)14(12)15-17-11-7-4-3-6-10(11)16(19)18-15;2*1-2/h3-9,15,17H,1-2H3,(H,18,19);2*1-2H3. The Labute approximate surface area is 150 Å². The first-order valence-corrected chi connectivity index (χ1v) is 8.62. The van der Waals surface area contributed by atoms with E-state index in [1.54, 1.807) is 20.3 Å². The Bertz CT molecular complexity index is 664. The van der Waals surface area contributed by atoms with Gasteiger partial charge in [0.15, 0.2) is 0 Å². The van der Waals surface area contributed by atoms with Crippen LogP contribution in [-0.4, -0.2) is 20.1 Å². The largest absolute Gasteiger partial charge is 0.496 e. The number of hydrogen-bond acceptors (Lipinski definition) is 4. The van der Waals surface area contributed by atoms with Crippen molar-refractivity contribution < 1.29 is 14.3 Å². The normalized spacial score (nSPS) is 14.3. The lowest BCUT2D eigenvalue weighted by atomic mass is 10.0. The lowest BCUT2D eigenvalue weighted by Crippen LogP contribution is -2.38. The van der Waals surface area contributed by atoms with E-state index in [0.717, 1.165) is 11.3 Å². The third kappa shape index (κ3) is 4.44. The average molecular weight is 344 g/mol. The zero-order chi connectivity index (χ0) is 18.8. The third-order valence-corrected chi connectivity index (χ3v) is 3.50. The van der Waals surface area contributed by atoms with Crippen molar-refractivity contribution in [1.82, 2.24) is 5.32 Å². The predicted octanol–water partition coefficient (Wildman–Crippen LogP) is 4.61. The summed E-state index contributed by atoms with van der Waals surface area (Å²) in [7, 11) is 3.19. The van der Waals surface area contributed by atoms with Crippen LogP contribution in [0.2, 0.25) is 0 Å². The molecule has 1 unspecified atom stereocenters. The quantitative estimate of drug-likeness (QED) is 0.853. The van der Waals surface area contributed by atoms with Crippen LogP contribution in [0, 0.1) is 0 Å². The van der Waals surface area contributed by atoms with Gasteiger partial charge >= 0.3 is 0 Å². The summed E-state index contributed by atoms with van der Waals surface area (Å²) in [5, 5.41) is 6.23. The number of anilines is 1. The molecule has 1 heterocycles. The van der Waals surface area contributed by atoms with Crippen molar-refractivity contribution in [2.45, 2.75) is 33.9 Å². The number of rotatable bonds is 3. The van der Waals surface area contributed by atoms with Gasteiger partial charge in [0.1, 0.15) is 17.7 Å². The monoisotopic (exact) mass is 344 g/mol. The molecule has 1 aliphatic heterocycles. The highest BCUT2D eigenvalue weighted by atomic mass is 16.5. The Hall–Kier alpha value is -2.69. The number of para-hydroxylation sites is 1. The van der Waals surface area contributed by atoms with Gasteiger partial charge < -0.3 is 20.1 Å². The Kier molecular flexibility index (Phi) is 8.33. The number of fused-ring (bicyclic) bond motifs is 1. The van der Waals surface area contributed by atoms with Gasteiger partial charge in [0.2, 0.25) is 0 Å². The van der Waals surface area contributed by atoms with Gasteiger partial charge in [-0.05, 0) is 24.3 Å². The van der Waals surface area contributed by atoms with Crippen LogP contribution in [-0.2, 0) is 0 Å². The lowest BCUT2D eigenvalue weighted by Gasteiger charge is -2.29. The van der Waals surface area contributed by atoms with Gasteiger partial charge in [0.05, 0.1) is 25.3 Å². The predicted molar refractivity (Wildman–Crippen MR) is 103 cm³/mol. The molecule has 0 saturated carbocycles. The number of nitrogens with one attached hydrogen (secondary N) is 2. The summed E-state index contributed by atoms with van der Waals surface area (Å²) in [6, 6.07) is 12.9. The van der Waals surface area contributed by atoms with Crippen LogP contribution in [0.3, 0.4) is 0 Å². The Morgan fingerprint density at radius 3 is 1.92 bits per heavy atom. The molecule has 1 aliphatic rings. The first-order valence-electron chi connectivity index (χ1n) is 8.62. The van der Waals surface area contributed by atoms with Crippen molar-refractivity contribution in [1.29, 1.82) is 0 Å². The molecule has 2 N–H and O–H groups in total. The molecule has 1 atom stereocenters. The zero-order valence-corrected chi connectivity index (χ0v) is 15.8. The van der Waals surface area contributed by atoms with E-state index in [1.165, 1.54) is 0 Å². The highest BCUT2D eigenvalue weighted by molar-refractivity contribution is 6.01. The maximum atomic E-state index is 12.2. The van der Waals surface area contributed by atoms with E-state index in [9.17, 15) is 4.79 Å². The Balaban J connectivity index is 0.000000730. The van der Waals surface area contributed by atoms with Gasteiger partial charge in [0, 0.05) is 5.69 Å². The fourth-order valence-electron chi connectivity index (χ4n) is 2.52. The molecule has 0 aromatic heterocycles.